The quantitative estimate of drug-likeness (QED) is 0.497. The maximum atomic E-state index is 13.3. The summed E-state index contributed by atoms with van der Waals surface area (Å²) in [4.78, 5) is 13.2. The van der Waals surface area contributed by atoms with E-state index in [-0.39, 0.29) is 10.8 Å². The maximum Gasteiger partial charge on any atom is 0.264 e. The minimum absolute atomic E-state index is 0.245. The fraction of sp³-hybridized carbons (Fsp3) is 0.269. The van der Waals surface area contributed by atoms with Crippen LogP contribution in [0.15, 0.2) is 71.6 Å². The van der Waals surface area contributed by atoms with Crippen molar-refractivity contribution in [2.75, 3.05) is 29.4 Å². The number of sulfonamides is 1. The summed E-state index contributed by atoms with van der Waals surface area (Å²) in [5, 5.41) is 2.88. The summed E-state index contributed by atoms with van der Waals surface area (Å²) in [6.45, 7) is 5.07. The molecule has 0 atom stereocenters. The van der Waals surface area contributed by atoms with Crippen LogP contribution in [0, 0.1) is 0 Å². The van der Waals surface area contributed by atoms with Gasteiger partial charge in [0.2, 0.25) is 0 Å². The molecule has 1 aliphatic heterocycles. The molecule has 1 N–H and O–H groups in total. The van der Waals surface area contributed by atoms with E-state index >= 15 is 0 Å². The Balaban J connectivity index is 1.61. The number of rotatable bonds is 8. The van der Waals surface area contributed by atoms with Gasteiger partial charge in [0.25, 0.3) is 15.9 Å². The Morgan fingerprint density at radius 2 is 1.68 bits per heavy atom. The van der Waals surface area contributed by atoms with Crippen molar-refractivity contribution < 1.29 is 22.7 Å². The van der Waals surface area contributed by atoms with Crippen molar-refractivity contribution in [3.63, 3.8) is 0 Å². The Hall–Kier alpha value is -3.52. The largest absolute Gasteiger partial charge is 0.490 e. The van der Waals surface area contributed by atoms with Crippen LogP contribution in [0.5, 0.6) is 11.5 Å². The van der Waals surface area contributed by atoms with E-state index in [4.69, 9.17) is 9.47 Å². The van der Waals surface area contributed by atoms with E-state index in [2.05, 4.69) is 5.32 Å². The van der Waals surface area contributed by atoms with Crippen LogP contribution in [-0.2, 0) is 16.4 Å². The second kappa shape index (κ2) is 10.2. The van der Waals surface area contributed by atoms with E-state index in [1.807, 2.05) is 19.9 Å². The van der Waals surface area contributed by atoms with Gasteiger partial charge in [-0.3, -0.25) is 9.10 Å². The van der Waals surface area contributed by atoms with E-state index in [1.54, 1.807) is 60.7 Å². The zero-order valence-corrected chi connectivity index (χ0v) is 20.1. The van der Waals surface area contributed by atoms with Gasteiger partial charge in [-0.1, -0.05) is 24.3 Å². The van der Waals surface area contributed by atoms with Gasteiger partial charge in [-0.15, -0.1) is 0 Å². The van der Waals surface area contributed by atoms with E-state index in [0.717, 1.165) is 18.4 Å². The highest BCUT2D eigenvalue weighted by Crippen LogP contribution is 2.34. The van der Waals surface area contributed by atoms with Crippen molar-refractivity contribution in [2.45, 2.75) is 31.6 Å². The van der Waals surface area contributed by atoms with Crippen molar-refractivity contribution in [3.05, 3.63) is 77.9 Å². The predicted octanol–water partition coefficient (Wildman–Crippen LogP) is 4.88. The number of hydrogen-bond donors (Lipinski definition) is 1. The first-order valence-electron chi connectivity index (χ1n) is 11.4. The molecule has 0 aromatic heterocycles. The molecule has 0 saturated heterocycles. The normalized spacial score (nSPS) is 13.2. The molecule has 1 heterocycles. The molecule has 1 aliphatic rings. The number of aryl methyl sites for hydroxylation is 1. The average molecular weight is 481 g/mol. The molecule has 34 heavy (non-hydrogen) atoms. The fourth-order valence-electron chi connectivity index (χ4n) is 3.98. The Morgan fingerprint density at radius 3 is 2.41 bits per heavy atom. The molecule has 8 heteroatoms. The molecule has 7 nitrogen and oxygen atoms in total. The summed E-state index contributed by atoms with van der Waals surface area (Å²) in [5.74, 6) is 0.760. The highest BCUT2D eigenvalue weighted by atomic mass is 32.2. The van der Waals surface area contributed by atoms with Gasteiger partial charge in [-0.05, 0) is 74.7 Å². The van der Waals surface area contributed by atoms with Crippen LogP contribution in [0.1, 0.15) is 36.2 Å². The lowest BCUT2D eigenvalue weighted by atomic mass is 10.0. The molecule has 178 valence electrons. The zero-order valence-electron chi connectivity index (χ0n) is 19.3. The number of carbonyl (C=O) groups excluding carboxylic acids is 1. The van der Waals surface area contributed by atoms with Crippen molar-refractivity contribution in [2.24, 2.45) is 0 Å². The highest BCUT2D eigenvalue weighted by molar-refractivity contribution is 7.92. The van der Waals surface area contributed by atoms with E-state index in [1.165, 1.54) is 4.31 Å². The van der Waals surface area contributed by atoms with Crippen LogP contribution in [0.2, 0.25) is 0 Å². The number of nitrogens with one attached hydrogen (secondary N) is 1. The zero-order chi connectivity index (χ0) is 24.1. The van der Waals surface area contributed by atoms with Crippen molar-refractivity contribution in [3.8, 4) is 11.5 Å². The number of benzene rings is 3. The standard InChI is InChI=1S/C26H28N2O5S/c1-3-32-24-15-13-20(17-25(24)33-4-2)26(29)27-21-14-12-19-9-8-16-28(23(19)18-21)34(30,31)22-10-6-5-7-11-22/h5-7,10-15,17-18H,3-4,8-9,16H2,1-2H3,(H,27,29). The second-order valence-corrected chi connectivity index (χ2v) is 9.68. The Bertz CT molecular complexity index is 1280. The number of amides is 1. The van der Waals surface area contributed by atoms with E-state index in [0.29, 0.717) is 48.2 Å². The SMILES string of the molecule is CCOc1ccc(C(=O)Nc2ccc3c(c2)N(S(=O)(=O)c2ccccc2)CCC3)cc1OCC. The van der Waals surface area contributed by atoms with Gasteiger partial charge in [-0.25, -0.2) is 8.42 Å². The number of anilines is 2. The summed E-state index contributed by atoms with van der Waals surface area (Å²) in [6, 6.07) is 18.8. The van der Waals surface area contributed by atoms with Crippen LogP contribution < -0.4 is 19.1 Å². The second-order valence-electron chi connectivity index (χ2n) is 7.82. The number of carbonyl (C=O) groups is 1. The molecule has 0 radical (unpaired) electrons. The summed E-state index contributed by atoms with van der Waals surface area (Å²) in [7, 11) is -3.70. The molecule has 0 unspecified atom stereocenters. The van der Waals surface area contributed by atoms with Crippen LogP contribution >= 0.6 is 0 Å². The van der Waals surface area contributed by atoms with Crippen LogP contribution in [0.25, 0.3) is 0 Å². The van der Waals surface area contributed by atoms with Crippen LogP contribution in [0.3, 0.4) is 0 Å². The van der Waals surface area contributed by atoms with E-state index in [9.17, 15) is 13.2 Å². The average Bonchev–Trinajstić information content (AvgIpc) is 2.85. The number of hydrogen-bond acceptors (Lipinski definition) is 5. The van der Waals surface area contributed by atoms with Crippen molar-refractivity contribution >= 4 is 27.3 Å². The first kappa shape index (κ1) is 23.6. The Kier molecular flexibility index (Phi) is 7.07. The molecule has 1 amide bonds. The van der Waals surface area contributed by atoms with Gasteiger partial charge in [0.05, 0.1) is 23.8 Å². The molecular formula is C26H28N2O5S. The maximum absolute atomic E-state index is 13.3. The van der Waals surface area contributed by atoms with Crippen molar-refractivity contribution in [1.82, 2.24) is 0 Å². The topological polar surface area (TPSA) is 84.9 Å². The van der Waals surface area contributed by atoms with Crippen LogP contribution in [-0.4, -0.2) is 34.1 Å². The summed E-state index contributed by atoms with van der Waals surface area (Å²) in [5.41, 5.74) is 2.46. The lowest BCUT2D eigenvalue weighted by Crippen LogP contribution is -2.35. The number of nitrogens with zero attached hydrogens (tertiary/aromatic N) is 1. The predicted molar refractivity (Wildman–Crippen MR) is 132 cm³/mol. The van der Waals surface area contributed by atoms with Gasteiger partial charge in [0.1, 0.15) is 0 Å². The third kappa shape index (κ3) is 4.87. The van der Waals surface area contributed by atoms with Gasteiger partial charge in [0, 0.05) is 17.8 Å². The fourth-order valence-corrected chi connectivity index (χ4v) is 5.54. The van der Waals surface area contributed by atoms with Gasteiger partial charge < -0.3 is 14.8 Å². The number of fused-ring (bicyclic) bond motifs is 1. The smallest absolute Gasteiger partial charge is 0.264 e. The molecule has 3 aromatic carbocycles. The van der Waals surface area contributed by atoms with Crippen LogP contribution in [0.4, 0.5) is 11.4 Å². The third-order valence-corrected chi connectivity index (χ3v) is 7.38. The molecule has 0 bridgehead atoms. The molecule has 3 aromatic rings. The minimum Gasteiger partial charge on any atom is -0.490 e. The molecule has 0 spiro atoms. The molecule has 0 saturated carbocycles. The van der Waals surface area contributed by atoms with Gasteiger partial charge in [-0.2, -0.15) is 0 Å². The van der Waals surface area contributed by atoms with Gasteiger partial charge >= 0.3 is 0 Å². The Labute approximate surface area is 200 Å². The summed E-state index contributed by atoms with van der Waals surface area (Å²) >= 11 is 0. The van der Waals surface area contributed by atoms with E-state index < -0.39 is 10.0 Å². The molecular weight excluding hydrogens is 452 g/mol. The molecule has 0 aliphatic carbocycles. The molecule has 0 fully saturated rings. The van der Waals surface area contributed by atoms with Crippen molar-refractivity contribution in [1.29, 1.82) is 0 Å². The lowest BCUT2D eigenvalue weighted by Gasteiger charge is -2.31. The monoisotopic (exact) mass is 480 g/mol. The Morgan fingerprint density at radius 1 is 0.941 bits per heavy atom. The molecule has 4 rings (SSSR count). The first-order valence-corrected chi connectivity index (χ1v) is 12.8. The highest BCUT2D eigenvalue weighted by Gasteiger charge is 2.29. The summed E-state index contributed by atoms with van der Waals surface area (Å²) in [6.07, 6.45) is 1.51. The minimum atomic E-state index is -3.70. The third-order valence-electron chi connectivity index (χ3n) is 5.56. The lowest BCUT2D eigenvalue weighted by molar-refractivity contribution is 0.102. The first-order chi connectivity index (χ1) is 16.4. The number of ether oxygens (including phenoxy) is 2. The van der Waals surface area contributed by atoms with Gasteiger partial charge in [0.15, 0.2) is 11.5 Å². The summed E-state index contributed by atoms with van der Waals surface area (Å²) < 4.78 is 39.2.